The third-order valence-electron chi connectivity index (χ3n) is 1.74. The number of hydrogen-bond acceptors (Lipinski definition) is 3. The van der Waals surface area contributed by atoms with E-state index in [-0.39, 0.29) is 5.56 Å². The normalized spacial score (nSPS) is 12.5. The number of carbonyl (C=O) groups is 1. The maximum atomic E-state index is 13.1. The molecular formula is C10H12FNO2. The first-order valence-electron chi connectivity index (χ1n) is 4.32. The fourth-order valence-corrected chi connectivity index (χ4v) is 1.07. The molecule has 1 aromatic rings. The standard InChI is InChI=1S/C10H12FNO2/c1-2-14-10(12)9(13)7-5-3-4-6-8(7)11/h3-6,10H,2,12H2,1H3. The summed E-state index contributed by atoms with van der Waals surface area (Å²) in [6, 6.07) is 5.69. The quantitative estimate of drug-likeness (QED) is 0.585. The molecule has 76 valence electrons. The van der Waals surface area contributed by atoms with Crippen LogP contribution < -0.4 is 5.73 Å². The van der Waals surface area contributed by atoms with Crippen molar-refractivity contribution in [1.82, 2.24) is 0 Å². The number of ketones is 1. The van der Waals surface area contributed by atoms with E-state index in [4.69, 9.17) is 10.5 Å². The number of nitrogens with two attached hydrogens (primary N) is 1. The van der Waals surface area contributed by atoms with Gasteiger partial charge in [0.2, 0.25) is 5.78 Å². The first-order chi connectivity index (χ1) is 6.66. The number of carbonyl (C=O) groups excluding carboxylic acids is 1. The lowest BCUT2D eigenvalue weighted by Gasteiger charge is -2.10. The van der Waals surface area contributed by atoms with Gasteiger partial charge in [-0.15, -0.1) is 0 Å². The predicted octanol–water partition coefficient (Wildman–Crippen LogP) is 1.33. The molecule has 0 aliphatic rings. The molecule has 0 spiro atoms. The van der Waals surface area contributed by atoms with Gasteiger partial charge in [-0.3, -0.25) is 10.5 Å². The fraction of sp³-hybridized carbons (Fsp3) is 0.300. The molecule has 0 amide bonds. The van der Waals surface area contributed by atoms with Gasteiger partial charge < -0.3 is 4.74 Å². The van der Waals surface area contributed by atoms with Crippen molar-refractivity contribution in [2.24, 2.45) is 5.73 Å². The lowest BCUT2D eigenvalue weighted by atomic mass is 10.1. The van der Waals surface area contributed by atoms with Crippen molar-refractivity contribution in [1.29, 1.82) is 0 Å². The maximum absolute atomic E-state index is 13.1. The number of ether oxygens (including phenoxy) is 1. The van der Waals surface area contributed by atoms with Crippen LogP contribution >= 0.6 is 0 Å². The molecule has 0 heterocycles. The lowest BCUT2D eigenvalue weighted by Crippen LogP contribution is -2.33. The summed E-state index contributed by atoms with van der Waals surface area (Å²) in [4.78, 5) is 11.5. The average molecular weight is 197 g/mol. The van der Waals surface area contributed by atoms with Crippen LogP contribution in [-0.2, 0) is 4.74 Å². The Balaban J connectivity index is 2.84. The second kappa shape index (κ2) is 4.83. The summed E-state index contributed by atoms with van der Waals surface area (Å²) in [6.07, 6.45) is -1.09. The molecule has 0 aliphatic heterocycles. The summed E-state index contributed by atoms with van der Waals surface area (Å²) in [5, 5.41) is 0. The minimum atomic E-state index is -1.09. The number of rotatable bonds is 4. The van der Waals surface area contributed by atoms with Crippen LogP contribution in [0.3, 0.4) is 0 Å². The molecule has 0 bridgehead atoms. The number of benzene rings is 1. The minimum Gasteiger partial charge on any atom is -0.356 e. The van der Waals surface area contributed by atoms with Crippen molar-refractivity contribution in [3.8, 4) is 0 Å². The Labute approximate surface area is 81.7 Å². The molecule has 0 aliphatic carbocycles. The Morgan fingerprint density at radius 2 is 2.21 bits per heavy atom. The molecule has 0 saturated carbocycles. The van der Waals surface area contributed by atoms with Crippen LogP contribution in [0.4, 0.5) is 4.39 Å². The van der Waals surface area contributed by atoms with E-state index >= 15 is 0 Å². The largest absolute Gasteiger partial charge is 0.356 e. The fourth-order valence-electron chi connectivity index (χ4n) is 1.07. The van der Waals surface area contributed by atoms with Gasteiger partial charge in [-0.2, -0.15) is 0 Å². The molecule has 1 atom stereocenters. The number of hydrogen-bond donors (Lipinski definition) is 1. The molecule has 1 unspecified atom stereocenters. The monoisotopic (exact) mass is 197 g/mol. The smallest absolute Gasteiger partial charge is 0.209 e. The van der Waals surface area contributed by atoms with E-state index in [0.717, 1.165) is 0 Å². The first-order valence-corrected chi connectivity index (χ1v) is 4.32. The Morgan fingerprint density at radius 1 is 1.57 bits per heavy atom. The first kappa shape index (κ1) is 10.8. The van der Waals surface area contributed by atoms with Gasteiger partial charge in [-0.25, -0.2) is 4.39 Å². The van der Waals surface area contributed by atoms with Crippen molar-refractivity contribution in [3.05, 3.63) is 35.6 Å². The van der Waals surface area contributed by atoms with Crippen LogP contribution in [0.25, 0.3) is 0 Å². The van der Waals surface area contributed by atoms with E-state index < -0.39 is 17.8 Å². The minimum absolute atomic E-state index is 0.0338. The van der Waals surface area contributed by atoms with Crippen LogP contribution in [0.5, 0.6) is 0 Å². The molecule has 3 nitrogen and oxygen atoms in total. The highest BCUT2D eigenvalue weighted by Gasteiger charge is 2.18. The zero-order chi connectivity index (χ0) is 10.6. The third kappa shape index (κ3) is 2.37. The number of Topliss-reactive ketones (excluding diaryl/α,β-unsaturated/α-hetero) is 1. The summed E-state index contributed by atoms with van der Waals surface area (Å²) in [5.41, 5.74) is 5.36. The van der Waals surface area contributed by atoms with Gasteiger partial charge in [0.15, 0.2) is 6.23 Å². The molecule has 14 heavy (non-hydrogen) atoms. The van der Waals surface area contributed by atoms with Gasteiger partial charge in [-0.1, -0.05) is 12.1 Å². The topological polar surface area (TPSA) is 52.3 Å². The molecule has 0 radical (unpaired) electrons. The average Bonchev–Trinajstić information content (AvgIpc) is 2.18. The molecule has 0 fully saturated rings. The van der Waals surface area contributed by atoms with E-state index in [9.17, 15) is 9.18 Å². The van der Waals surface area contributed by atoms with E-state index in [2.05, 4.69) is 0 Å². The highest BCUT2D eigenvalue weighted by molar-refractivity contribution is 5.99. The van der Waals surface area contributed by atoms with Gasteiger partial charge in [0.1, 0.15) is 5.82 Å². The van der Waals surface area contributed by atoms with Crippen molar-refractivity contribution in [2.45, 2.75) is 13.2 Å². The Kier molecular flexibility index (Phi) is 3.73. The van der Waals surface area contributed by atoms with Crippen molar-refractivity contribution in [3.63, 3.8) is 0 Å². The van der Waals surface area contributed by atoms with E-state index in [0.29, 0.717) is 6.61 Å². The summed E-state index contributed by atoms with van der Waals surface area (Å²) in [5.74, 6) is -1.11. The second-order valence-corrected chi connectivity index (χ2v) is 2.72. The molecule has 2 N–H and O–H groups in total. The predicted molar refractivity (Wildman–Crippen MR) is 50.3 cm³/mol. The third-order valence-corrected chi connectivity index (χ3v) is 1.74. The summed E-state index contributed by atoms with van der Waals surface area (Å²) < 4.78 is 18.0. The number of halogens is 1. The Hall–Kier alpha value is -1.26. The molecule has 4 heteroatoms. The van der Waals surface area contributed by atoms with E-state index in [1.807, 2.05) is 0 Å². The van der Waals surface area contributed by atoms with Crippen molar-refractivity contribution < 1.29 is 13.9 Å². The van der Waals surface area contributed by atoms with Gasteiger partial charge in [0.25, 0.3) is 0 Å². The Morgan fingerprint density at radius 3 is 2.79 bits per heavy atom. The van der Waals surface area contributed by atoms with Crippen molar-refractivity contribution in [2.75, 3.05) is 6.61 Å². The molecule has 0 saturated heterocycles. The van der Waals surface area contributed by atoms with Crippen molar-refractivity contribution >= 4 is 5.78 Å². The van der Waals surface area contributed by atoms with Crippen LogP contribution in [0, 0.1) is 5.82 Å². The maximum Gasteiger partial charge on any atom is 0.209 e. The Bertz CT molecular complexity index is 328. The van der Waals surface area contributed by atoms with Gasteiger partial charge in [0.05, 0.1) is 5.56 Å². The molecule has 1 rings (SSSR count). The molecular weight excluding hydrogens is 185 g/mol. The van der Waals surface area contributed by atoms with Gasteiger partial charge in [0, 0.05) is 6.61 Å². The lowest BCUT2D eigenvalue weighted by molar-refractivity contribution is 0.0475. The van der Waals surface area contributed by atoms with Crippen LogP contribution in [-0.4, -0.2) is 18.6 Å². The van der Waals surface area contributed by atoms with Crippen LogP contribution in [0.2, 0.25) is 0 Å². The van der Waals surface area contributed by atoms with Gasteiger partial charge >= 0.3 is 0 Å². The zero-order valence-corrected chi connectivity index (χ0v) is 7.87. The van der Waals surface area contributed by atoms with Crippen LogP contribution in [0.1, 0.15) is 17.3 Å². The van der Waals surface area contributed by atoms with E-state index in [1.165, 1.54) is 18.2 Å². The van der Waals surface area contributed by atoms with Gasteiger partial charge in [-0.05, 0) is 19.1 Å². The zero-order valence-electron chi connectivity index (χ0n) is 7.87. The summed E-state index contributed by atoms with van der Waals surface area (Å²) in [6.45, 7) is 2.04. The highest BCUT2D eigenvalue weighted by Crippen LogP contribution is 2.08. The highest BCUT2D eigenvalue weighted by atomic mass is 19.1. The summed E-state index contributed by atoms with van der Waals surface area (Å²) in [7, 11) is 0. The molecule has 1 aromatic carbocycles. The summed E-state index contributed by atoms with van der Waals surface area (Å²) >= 11 is 0. The SMILES string of the molecule is CCOC(N)C(=O)c1ccccc1F. The molecule has 0 aromatic heterocycles. The second-order valence-electron chi connectivity index (χ2n) is 2.72. The van der Waals surface area contributed by atoms with E-state index in [1.54, 1.807) is 13.0 Å². The van der Waals surface area contributed by atoms with Crippen LogP contribution in [0.15, 0.2) is 24.3 Å².